The minimum Gasteiger partial charge on any atom is -0.477 e. The van der Waals surface area contributed by atoms with Gasteiger partial charge in [-0.2, -0.15) is 0 Å². The second kappa shape index (κ2) is 6.20. The molecule has 1 heterocycles. The van der Waals surface area contributed by atoms with Crippen molar-refractivity contribution in [1.82, 2.24) is 5.32 Å². The Morgan fingerprint density at radius 1 is 1.35 bits per heavy atom. The van der Waals surface area contributed by atoms with Crippen LogP contribution in [-0.4, -0.2) is 11.1 Å². The van der Waals surface area contributed by atoms with Crippen molar-refractivity contribution in [3.05, 3.63) is 56.8 Å². The maximum Gasteiger partial charge on any atom is 0.345 e. The van der Waals surface area contributed by atoms with E-state index in [1.54, 1.807) is 6.07 Å². The standard InChI is InChI=1S/C16H19NO2S/c1-10-6-4-5-7-14(10)11(2)17-9-13-8-15(16(18)19)20-12(13)3/h4-8,11,17H,9H2,1-3H3,(H,18,19). The van der Waals surface area contributed by atoms with Crippen LogP contribution in [0, 0.1) is 13.8 Å². The number of carboxylic acid groups (broad SMARTS) is 1. The molecule has 2 rings (SSSR count). The van der Waals surface area contributed by atoms with Crippen LogP contribution in [0.4, 0.5) is 0 Å². The Kier molecular flexibility index (Phi) is 4.57. The molecular formula is C16H19NO2S. The summed E-state index contributed by atoms with van der Waals surface area (Å²) < 4.78 is 0. The Labute approximate surface area is 123 Å². The van der Waals surface area contributed by atoms with E-state index in [-0.39, 0.29) is 6.04 Å². The molecule has 106 valence electrons. The molecule has 0 aliphatic heterocycles. The molecule has 1 aromatic heterocycles. The summed E-state index contributed by atoms with van der Waals surface area (Å²) in [6, 6.07) is 10.3. The predicted molar refractivity (Wildman–Crippen MR) is 82.4 cm³/mol. The van der Waals surface area contributed by atoms with E-state index < -0.39 is 5.97 Å². The molecule has 20 heavy (non-hydrogen) atoms. The van der Waals surface area contributed by atoms with Gasteiger partial charge in [0.1, 0.15) is 4.88 Å². The lowest BCUT2D eigenvalue weighted by atomic mass is 10.0. The Bertz CT molecular complexity index is 619. The monoisotopic (exact) mass is 289 g/mol. The fourth-order valence-corrected chi connectivity index (χ4v) is 3.13. The quantitative estimate of drug-likeness (QED) is 0.877. The lowest BCUT2D eigenvalue weighted by Gasteiger charge is -2.16. The van der Waals surface area contributed by atoms with Crippen molar-refractivity contribution in [2.24, 2.45) is 0 Å². The van der Waals surface area contributed by atoms with Crippen molar-refractivity contribution in [2.75, 3.05) is 0 Å². The van der Waals surface area contributed by atoms with Crippen LogP contribution in [0.3, 0.4) is 0 Å². The average molecular weight is 289 g/mol. The van der Waals surface area contributed by atoms with Crippen LogP contribution in [-0.2, 0) is 6.54 Å². The fraction of sp³-hybridized carbons (Fsp3) is 0.312. The number of hydrogen-bond donors (Lipinski definition) is 2. The van der Waals surface area contributed by atoms with Gasteiger partial charge in [0, 0.05) is 17.5 Å². The maximum atomic E-state index is 11.0. The van der Waals surface area contributed by atoms with Gasteiger partial charge in [0.15, 0.2) is 0 Å². The van der Waals surface area contributed by atoms with Gasteiger partial charge in [-0.25, -0.2) is 4.79 Å². The van der Waals surface area contributed by atoms with Gasteiger partial charge in [0.2, 0.25) is 0 Å². The third kappa shape index (κ3) is 3.26. The predicted octanol–water partition coefficient (Wildman–Crippen LogP) is 3.91. The van der Waals surface area contributed by atoms with Gasteiger partial charge in [0.25, 0.3) is 0 Å². The first-order valence-corrected chi connectivity index (χ1v) is 7.42. The summed E-state index contributed by atoms with van der Waals surface area (Å²) in [6.45, 7) is 6.88. The van der Waals surface area contributed by atoms with E-state index in [1.165, 1.54) is 22.5 Å². The third-order valence-corrected chi connectivity index (χ3v) is 4.57. The Balaban J connectivity index is 2.05. The third-order valence-electron chi connectivity index (χ3n) is 3.49. The van der Waals surface area contributed by atoms with Gasteiger partial charge >= 0.3 is 5.97 Å². The van der Waals surface area contributed by atoms with E-state index in [1.807, 2.05) is 19.1 Å². The van der Waals surface area contributed by atoms with Crippen molar-refractivity contribution in [1.29, 1.82) is 0 Å². The van der Waals surface area contributed by atoms with Gasteiger partial charge < -0.3 is 10.4 Å². The van der Waals surface area contributed by atoms with E-state index in [2.05, 4.69) is 31.3 Å². The minimum absolute atomic E-state index is 0.240. The van der Waals surface area contributed by atoms with Crippen molar-refractivity contribution in [3.63, 3.8) is 0 Å². The molecule has 1 aromatic carbocycles. The van der Waals surface area contributed by atoms with E-state index in [0.29, 0.717) is 11.4 Å². The Morgan fingerprint density at radius 2 is 2.05 bits per heavy atom. The maximum absolute atomic E-state index is 11.0. The van der Waals surface area contributed by atoms with Crippen molar-refractivity contribution in [2.45, 2.75) is 33.4 Å². The number of hydrogen-bond acceptors (Lipinski definition) is 3. The number of rotatable bonds is 5. The fourth-order valence-electron chi connectivity index (χ4n) is 2.25. The molecule has 0 aliphatic carbocycles. The number of nitrogens with one attached hydrogen (secondary N) is 1. The normalized spacial score (nSPS) is 12.3. The summed E-state index contributed by atoms with van der Waals surface area (Å²) in [5, 5.41) is 12.5. The first kappa shape index (κ1) is 14.8. The summed E-state index contributed by atoms with van der Waals surface area (Å²) in [6.07, 6.45) is 0. The van der Waals surface area contributed by atoms with Gasteiger partial charge in [-0.1, -0.05) is 24.3 Å². The Hall–Kier alpha value is -1.65. The van der Waals surface area contributed by atoms with Crippen molar-refractivity contribution >= 4 is 17.3 Å². The summed E-state index contributed by atoms with van der Waals surface area (Å²) in [5.74, 6) is -0.851. The zero-order chi connectivity index (χ0) is 14.7. The zero-order valence-corrected chi connectivity index (χ0v) is 12.8. The van der Waals surface area contributed by atoms with Crippen LogP contribution < -0.4 is 5.32 Å². The highest BCUT2D eigenvalue weighted by atomic mass is 32.1. The molecule has 2 aromatic rings. The molecule has 0 saturated heterocycles. The molecule has 0 aliphatic rings. The summed E-state index contributed by atoms with van der Waals surface area (Å²) >= 11 is 1.33. The molecular weight excluding hydrogens is 270 g/mol. The van der Waals surface area contributed by atoms with Crippen LogP contribution in [0.1, 0.15) is 44.2 Å². The van der Waals surface area contributed by atoms with Crippen LogP contribution in [0.2, 0.25) is 0 Å². The molecule has 2 N–H and O–H groups in total. The van der Waals surface area contributed by atoms with Crippen LogP contribution in [0.25, 0.3) is 0 Å². The van der Waals surface area contributed by atoms with E-state index in [9.17, 15) is 4.79 Å². The molecule has 0 bridgehead atoms. The van der Waals surface area contributed by atoms with Gasteiger partial charge in [-0.15, -0.1) is 11.3 Å². The Morgan fingerprint density at radius 3 is 2.65 bits per heavy atom. The second-order valence-corrected chi connectivity index (χ2v) is 6.21. The molecule has 0 fully saturated rings. The SMILES string of the molecule is Cc1ccccc1C(C)NCc1cc(C(=O)O)sc1C. The molecule has 4 heteroatoms. The van der Waals surface area contributed by atoms with E-state index in [4.69, 9.17) is 5.11 Å². The number of benzene rings is 1. The highest BCUT2D eigenvalue weighted by Gasteiger charge is 2.12. The number of carbonyl (C=O) groups is 1. The molecule has 1 unspecified atom stereocenters. The first-order chi connectivity index (χ1) is 9.49. The lowest BCUT2D eigenvalue weighted by Crippen LogP contribution is -2.19. The highest BCUT2D eigenvalue weighted by molar-refractivity contribution is 7.14. The zero-order valence-electron chi connectivity index (χ0n) is 11.9. The molecule has 3 nitrogen and oxygen atoms in total. The van der Waals surface area contributed by atoms with Crippen molar-refractivity contribution < 1.29 is 9.90 Å². The largest absolute Gasteiger partial charge is 0.477 e. The van der Waals surface area contributed by atoms with Gasteiger partial charge in [-0.05, 0) is 43.5 Å². The molecule has 0 saturated carbocycles. The molecule has 0 amide bonds. The minimum atomic E-state index is -0.851. The molecule has 0 spiro atoms. The van der Waals surface area contributed by atoms with Crippen molar-refractivity contribution in [3.8, 4) is 0 Å². The second-order valence-electron chi connectivity index (χ2n) is 4.96. The van der Waals surface area contributed by atoms with Gasteiger partial charge in [0.05, 0.1) is 0 Å². The molecule has 0 radical (unpaired) electrons. The van der Waals surface area contributed by atoms with Crippen LogP contribution in [0.5, 0.6) is 0 Å². The average Bonchev–Trinajstić information content (AvgIpc) is 2.78. The van der Waals surface area contributed by atoms with E-state index >= 15 is 0 Å². The summed E-state index contributed by atoms with van der Waals surface area (Å²) in [7, 11) is 0. The number of aryl methyl sites for hydroxylation is 2. The van der Waals surface area contributed by atoms with Crippen LogP contribution in [0.15, 0.2) is 30.3 Å². The topological polar surface area (TPSA) is 49.3 Å². The molecule has 1 atom stereocenters. The smallest absolute Gasteiger partial charge is 0.345 e. The summed E-state index contributed by atoms with van der Waals surface area (Å²) in [4.78, 5) is 12.4. The number of carboxylic acids is 1. The first-order valence-electron chi connectivity index (χ1n) is 6.60. The lowest BCUT2D eigenvalue weighted by molar-refractivity contribution is 0.0702. The number of aromatic carboxylic acids is 1. The number of thiophene rings is 1. The van der Waals surface area contributed by atoms with Crippen LogP contribution >= 0.6 is 11.3 Å². The summed E-state index contributed by atoms with van der Waals surface area (Å²) in [5.41, 5.74) is 3.60. The highest BCUT2D eigenvalue weighted by Crippen LogP contribution is 2.23. The van der Waals surface area contributed by atoms with Gasteiger partial charge in [-0.3, -0.25) is 0 Å². The van der Waals surface area contributed by atoms with E-state index in [0.717, 1.165) is 10.4 Å².